The quantitative estimate of drug-likeness (QED) is 0.758. The van der Waals surface area contributed by atoms with Gasteiger partial charge < -0.3 is 15.7 Å². The number of hydrogen-bond donors (Lipinski definition) is 3. The maximum Gasteiger partial charge on any atom is 0.319 e. The molecule has 116 valence electrons. The molecule has 22 heavy (non-hydrogen) atoms. The van der Waals surface area contributed by atoms with Crippen molar-refractivity contribution >= 4 is 23.3 Å². The van der Waals surface area contributed by atoms with E-state index in [-0.39, 0.29) is 16.9 Å². The van der Waals surface area contributed by atoms with E-state index < -0.39 is 5.60 Å². The van der Waals surface area contributed by atoms with Crippen LogP contribution in [0.2, 0.25) is 5.15 Å². The minimum atomic E-state index is -1.39. The standard InChI is InChI=1S/C16H18ClN3O2/c1-3-18-15(21)19-12-9-10-13(17)20-14(12)16(2,22)11-7-5-4-6-8-11/h4-10,22H,3H2,1-2H3,(H2,18,19,21). The van der Waals surface area contributed by atoms with Crippen molar-refractivity contribution in [1.82, 2.24) is 10.3 Å². The van der Waals surface area contributed by atoms with Crippen molar-refractivity contribution in [2.75, 3.05) is 11.9 Å². The van der Waals surface area contributed by atoms with E-state index in [4.69, 9.17) is 11.6 Å². The van der Waals surface area contributed by atoms with Crippen molar-refractivity contribution in [2.24, 2.45) is 0 Å². The van der Waals surface area contributed by atoms with Gasteiger partial charge in [0.05, 0.1) is 5.69 Å². The van der Waals surface area contributed by atoms with Crippen LogP contribution >= 0.6 is 11.6 Å². The summed E-state index contributed by atoms with van der Waals surface area (Å²) < 4.78 is 0. The molecule has 3 N–H and O–H groups in total. The third-order valence-corrected chi connectivity index (χ3v) is 3.45. The van der Waals surface area contributed by atoms with Gasteiger partial charge in [0.25, 0.3) is 0 Å². The summed E-state index contributed by atoms with van der Waals surface area (Å²) in [6, 6.07) is 11.9. The van der Waals surface area contributed by atoms with Gasteiger partial charge >= 0.3 is 6.03 Å². The molecular formula is C16H18ClN3O2. The number of aliphatic hydroxyl groups is 1. The molecule has 1 aromatic carbocycles. The van der Waals surface area contributed by atoms with Gasteiger partial charge in [0.1, 0.15) is 16.4 Å². The molecule has 0 saturated carbocycles. The second-order valence-corrected chi connectivity index (χ2v) is 5.34. The van der Waals surface area contributed by atoms with Crippen LogP contribution in [0.4, 0.5) is 10.5 Å². The molecule has 6 heteroatoms. The predicted octanol–water partition coefficient (Wildman–Crippen LogP) is 3.13. The first-order valence-electron chi connectivity index (χ1n) is 6.95. The molecule has 0 spiro atoms. The van der Waals surface area contributed by atoms with Gasteiger partial charge in [-0.2, -0.15) is 0 Å². The zero-order chi connectivity index (χ0) is 16.2. The molecule has 5 nitrogen and oxygen atoms in total. The summed E-state index contributed by atoms with van der Waals surface area (Å²) in [5.41, 5.74) is -0.0357. The van der Waals surface area contributed by atoms with E-state index in [1.807, 2.05) is 25.1 Å². The second-order valence-electron chi connectivity index (χ2n) is 4.95. The summed E-state index contributed by atoms with van der Waals surface area (Å²) in [5.74, 6) is 0. The van der Waals surface area contributed by atoms with Crippen LogP contribution in [-0.2, 0) is 5.60 Å². The fourth-order valence-electron chi connectivity index (χ4n) is 2.13. The lowest BCUT2D eigenvalue weighted by atomic mass is 9.91. The number of halogens is 1. The van der Waals surface area contributed by atoms with Crippen LogP contribution in [-0.4, -0.2) is 22.7 Å². The fourth-order valence-corrected chi connectivity index (χ4v) is 2.28. The van der Waals surface area contributed by atoms with Crippen molar-refractivity contribution < 1.29 is 9.90 Å². The Labute approximate surface area is 134 Å². The second kappa shape index (κ2) is 6.77. The van der Waals surface area contributed by atoms with Gasteiger partial charge in [-0.15, -0.1) is 0 Å². The molecule has 0 saturated heterocycles. The van der Waals surface area contributed by atoms with E-state index in [2.05, 4.69) is 15.6 Å². The van der Waals surface area contributed by atoms with Crippen LogP contribution in [0.3, 0.4) is 0 Å². The van der Waals surface area contributed by atoms with Crippen LogP contribution in [0, 0.1) is 0 Å². The summed E-state index contributed by atoms with van der Waals surface area (Å²) >= 11 is 5.96. The zero-order valence-electron chi connectivity index (χ0n) is 12.4. The molecule has 1 aromatic heterocycles. The molecule has 0 aliphatic rings. The number of nitrogens with zero attached hydrogens (tertiary/aromatic N) is 1. The molecule has 0 aliphatic heterocycles. The molecule has 1 unspecified atom stereocenters. The predicted molar refractivity (Wildman–Crippen MR) is 87.1 cm³/mol. The van der Waals surface area contributed by atoms with E-state index in [0.717, 1.165) is 0 Å². The molecule has 1 atom stereocenters. The Morgan fingerprint density at radius 2 is 1.95 bits per heavy atom. The summed E-state index contributed by atoms with van der Waals surface area (Å²) in [6.07, 6.45) is 0. The highest BCUT2D eigenvalue weighted by atomic mass is 35.5. The van der Waals surface area contributed by atoms with Crippen LogP contribution in [0.15, 0.2) is 42.5 Å². The number of urea groups is 1. The summed E-state index contributed by atoms with van der Waals surface area (Å²) in [7, 11) is 0. The van der Waals surface area contributed by atoms with Crippen LogP contribution in [0.5, 0.6) is 0 Å². The normalized spacial score (nSPS) is 13.3. The molecule has 2 aromatic rings. The number of nitrogens with one attached hydrogen (secondary N) is 2. The van der Waals surface area contributed by atoms with Gasteiger partial charge in [0.15, 0.2) is 0 Å². The van der Waals surface area contributed by atoms with Gasteiger partial charge in [-0.1, -0.05) is 41.9 Å². The SMILES string of the molecule is CCNC(=O)Nc1ccc(Cl)nc1C(C)(O)c1ccccc1. The third kappa shape index (κ3) is 3.55. The van der Waals surface area contributed by atoms with Crippen molar-refractivity contribution in [3.63, 3.8) is 0 Å². The molecule has 0 bridgehead atoms. The van der Waals surface area contributed by atoms with Gasteiger partial charge in [-0.05, 0) is 31.5 Å². The fraction of sp³-hybridized carbons (Fsp3) is 0.250. The maximum atomic E-state index is 11.7. The van der Waals surface area contributed by atoms with E-state index >= 15 is 0 Å². The van der Waals surface area contributed by atoms with Crippen molar-refractivity contribution in [3.8, 4) is 0 Å². The highest BCUT2D eigenvalue weighted by Crippen LogP contribution is 2.33. The Morgan fingerprint density at radius 3 is 2.59 bits per heavy atom. The number of amides is 2. The molecule has 1 heterocycles. The number of carbonyl (C=O) groups is 1. The van der Waals surface area contributed by atoms with E-state index in [9.17, 15) is 9.90 Å². The minimum Gasteiger partial charge on any atom is -0.379 e. The Hall–Kier alpha value is -2.11. The molecule has 0 fully saturated rings. The van der Waals surface area contributed by atoms with Gasteiger partial charge in [0.2, 0.25) is 0 Å². The Morgan fingerprint density at radius 1 is 1.27 bits per heavy atom. The Bertz CT molecular complexity index is 660. The number of aromatic nitrogens is 1. The van der Waals surface area contributed by atoms with Crippen molar-refractivity contribution in [3.05, 3.63) is 58.9 Å². The maximum absolute atomic E-state index is 11.7. The number of benzene rings is 1. The highest BCUT2D eigenvalue weighted by Gasteiger charge is 2.30. The largest absolute Gasteiger partial charge is 0.379 e. The van der Waals surface area contributed by atoms with Gasteiger partial charge in [-0.25, -0.2) is 9.78 Å². The van der Waals surface area contributed by atoms with E-state index in [1.165, 1.54) is 0 Å². The smallest absolute Gasteiger partial charge is 0.319 e. The first kappa shape index (κ1) is 16.3. The number of hydrogen-bond acceptors (Lipinski definition) is 3. The first-order chi connectivity index (χ1) is 10.4. The first-order valence-corrected chi connectivity index (χ1v) is 7.32. The Balaban J connectivity index is 2.44. The number of anilines is 1. The summed E-state index contributed by atoms with van der Waals surface area (Å²) in [5, 5.41) is 16.5. The lowest BCUT2D eigenvalue weighted by Gasteiger charge is -2.26. The van der Waals surface area contributed by atoms with E-state index in [0.29, 0.717) is 17.8 Å². The van der Waals surface area contributed by atoms with Crippen LogP contribution < -0.4 is 10.6 Å². The van der Waals surface area contributed by atoms with Crippen LogP contribution in [0.25, 0.3) is 0 Å². The van der Waals surface area contributed by atoms with Crippen LogP contribution in [0.1, 0.15) is 25.1 Å². The molecule has 0 aliphatic carbocycles. The third-order valence-electron chi connectivity index (χ3n) is 3.24. The number of pyridine rings is 1. The topological polar surface area (TPSA) is 74.2 Å². The molecular weight excluding hydrogens is 302 g/mol. The number of carbonyl (C=O) groups excluding carboxylic acids is 1. The molecule has 2 rings (SSSR count). The summed E-state index contributed by atoms with van der Waals surface area (Å²) in [6.45, 7) is 3.93. The monoisotopic (exact) mass is 319 g/mol. The average Bonchev–Trinajstić information content (AvgIpc) is 2.50. The minimum absolute atomic E-state index is 0.243. The zero-order valence-corrected chi connectivity index (χ0v) is 13.2. The lowest BCUT2D eigenvalue weighted by Crippen LogP contribution is -2.31. The van der Waals surface area contributed by atoms with E-state index in [1.54, 1.807) is 31.2 Å². The van der Waals surface area contributed by atoms with Crippen molar-refractivity contribution in [2.45, 2.75) is 19.4 Å². The average molecular weight is 320 g/mol. The number of rotatable bonds is 4. The summed E-state index contributed by atoms with van der Waals surface area (Å²) in [4.78, 5) is 16.0. The van der Waals surface area contributed by atoms with Crippen molar-refractivity contribution in [1.29, 1.82) is 0 Å². The lowest BCUT2D eigenvalue weighted by molar-refractivity contribution is 0.0982. The highest BCUT2D eigenvalue weighted by molar-refractivity contribution is 6.29. The Kier molecular flexibility index (Phi) is 5.00. The molecule has 0 radical (unpaired) electrons. The molecule has 2 amide bonds. The van der Waals surface area contributed by atoms with Gasteiger partial charge in [-0.3, -0.25) is 0 Å². The van der Waals surface area contributed by atoms with Gasteiger partial charge in [0, 0.05) is 6.54 Å².